The van der Waals surface area contributed by atoms with Gasteiger partial charge in [0.15, 0.2) is 5.58 Å². The maximum atomic E-state index is 6.00. The first-order valence-electron chi connectivity index (χ1n) is 7.66. The highest BCUT2D eigenvalue weighted by molar-refractivity contribution is 6.13. The third-order valence-corrected chi connectivity index (χ3v) is 4.29. The summed E-state index contributed by atoms with van der Waals surface area (Å²) >= 11 is 0. The van der Waals surface area contributed by atoms with E-state index < -0.39 is 0 Å². The minimum Gasteiger partial charge on any atom is -0.436 e. The zero-order valence-electron chi connectivity index (χ0n) is 12.4. The summed E-state index contributed by atoms with van der Waals surface area (Å²) in [6.07, 6.45) is 0. The number of nitrogens with zero attached hydrogens (tertiary/aromatic N) is 1. The van der Waals surface area contributed by atoms with Gasteiger partial charge in [0.1, 0.15) is 5.52 Å². The summed E-state index contributed by atoms with van der Waals surface area (Å²) in [5.41, 5.74) is 2.75. The van der Waals surface area contributed by atoms with Gasteiger partial charge >= 0.3 is 0 Å². The van der Waals surface area contributed by atoms with E-state index in [1.807, 2.05) is 24.3 Å². The SMILES string of the molecule is c1ccc2c(c1)cc(-c1nc3ccccc3o1)c1ccccc12. The lowest BCUT2D eigenvalue weighted by Crippen LogP contribution is -1.84. The molecule has 0 N–H and O–H groups in total. The van der Waals surface area contributed by atoms with Crippen LogP contribution in [0.2, 0.25) is 0 Å². The van der Waals surface area contributed by atoms with Crippen molar-refractivity contribution in [3.8, 4) is 11.5 Å². The second-order valence-electron chi connectivity index (χ2n) is 5.68. The highest BCUT2D eigenvalue weighted by Crippen LogP contribution is 2.35. The molecule has 108 valence electrons. The Morgan fingerprint density at radius 3 is 2.22 bits per heavy atom. The number of fused-ring (bicyclic) bond motifs is 4. The van der Waals surface area contributed by atoms with Gasteiger partial charge in [-0.15, -0.1) is 0 Å². The van der Waals surface area contributed by atoms with Crippen LogP contribution in [0, 0.1) is 0 Å². The minimum absolute atomic E-state index is 0.674. The lowest BCUT2D eigenvalue weighted by molar-refractivity contribution is 0.620. The zero-order valence-corrected chi connectivity index (χ0v) is 12.4. The summed E-state index contributed by atoms with van der Waals surface area (Å²) in [5, 5.41) is 4.84. The van der Waals surface area contributed by atoms with E-state index in [4.69, 9.17) is 4.42 Å². The van der Waals surface area contributed by atoms with Crippen molar-refractivity contribution in [1.29, 1.82) is 0 Å². The van der Waals surface area contributed by atoms with Crippen molar-refractivity contribution in [2.45, 2.75) is 0 Å². The van der Waals surface area contributed by atoms with Crippen LogP contribution in [-0.2, 0) is 0 Å². The summed E-state index contributed by atoms with van der Waals surface area (Å²) in [6.45, 7) is 0. The van der Waals surface area contributed by atoms with Crippen LogP contribution in [0.25, 0.3) is 44.1 Å². The Kier molecular flexibility index (Phi) is 2.53. The molecule has 0 saturated heterocycles. The van der Waals surface area contributed by atoms with Gasteiger partial charge in [0.25, 0.3) is 0 Å². The highest BCUT2D eigenvalue weighted by atomic mass is 16.3. The fourth-order valence-electron chi connectivity index (χ4n) is 3.22. The quantitative estimate of drug-likeness (QED) is 0.365. The van der Waals surface area contributed by atoms with Crippen LogP contribution in [0.5, 0.6) is 0 Å². The smallest absolute Gasteiger partial charge is 0.227 e. The van der Waals surface area contributed by atoms with Gasteiger partial charge in [0.05, 0.1) is 0 Å². The standard InChI is InChI=1S/C21H13NO/c1-2-8-15-14(7-1)13-18(17-10-4-3-9-16(15)17)21-22-19-11-5-6-12-20(19)23-21/h1-13H. The summed E-state index contributed by atoms with van der Waals surface area (Å²) in [7, 11) is 0. The molecule has 2 heteroatoms. The lowest BCUT2D eigenvalue weighted by Gasteiger charge is -2.08. The Morgan fingerprint density at radius 1 is 0.652 bits per heavy atom. The fourth-order valence-corrected chi connectivity index (χ4v) is 3.22. The van der Waals surface area contributed by atoms with E-state index in [9.17, 15) is 0 Å². The van der Waals surface area contributed by atoms with E-state index in [1.54, 1.807) is 0 Å². The van der Waals surface area contributed by atoms with Crippen molar-refractivity contribution in [2.75, 3.05) is 0 Å². The number of oxazole rings is 1. The maximum Gasteiger partial charge on any atom is 0.227 e. The van der Waals surface area contributed by atoms with Crippen LogP contribution in [0.4, 0.5) is 0 Å². The second kappa shape index (κ2) is 4.68. The molecule has 23 heavy (non-hydrogen) atoms. The van der Waals surface area contributed by atoms with E-state index in [2.05, 4.69) is 59.6 Å². The van der Waals surface area contributed by atoms with Gasteiger partial charge in [0.2, 0.25) is 5.89 Å². The summed E-state index contributed by atoms with van der Waals surface area (Å²) in [4.78, 5) is 4.67. The lowest BCUT2D eigenvalue weighted by atomic mass is 9.97. The highest BCUT2D eigenvalue weighted by Gasteiger charge is 2.13. The van der Waals surface area contributed by atoms with Crippen molar-refractivity contribution < 1.29 is 4.42 Å². The third-order valence-electron chi connectivity index (χ3n) is 4.29. The second-order valence-corrected chi connectivity index (χ2v) is 5.68. The predicted octanol–water partition coefficient (Wildman–Crippen LogP) is 5.80. The van der Waals surface area contributed by atoms with E-state index >= 15 is 0 Å². The Balaban J connectivity index is 1.92. The average Bonchev–Trinajstić information content (AvgIpc) is 3.05. The van der Waals surface area contributed by atoms with Crippen LogP contribution in [0.1, 0.15) is 0 Å². The molecule has 0 fully saturated rings. The minimum atomic E-state index is 0.674. The number of para-hydroxylation sites is 2. The van der Waals surface area contributed by atoms with Gasteiger partial charge < -0.3 is 4.42 Å². The summed E-state index contributed by atoms with van der Waals surface area (Å²) in [5.74, 6) is 0.674. The molecule has 0 saturated carbocycles. The van der Waals surface area contributed by atoms with E-state index in [-0.39, 0.29) is 0 Å². The summed E-state index contributed by atoms with van der Waals surface area (Å²) < 4.78 is 6.00. The molecular weight excluding hydrogens is 282 g/mol. The molecule has 0 aliphatic carbocycles. The number of hydrogen-bond acceptors (Lipinski definition) is 2. The van der Waals surface area contributed by atoms with Crippen LogP contribution in [-0.4, -0.2) is 4.98 Å². The van der Waals surface area contributed by atoms with Gasteiger partial charge in [-0.2, -0.15) is 0 Å². The van der Waals surface area contributed by atoms with Crippen molar-refractivity contribution >= 4 is 32.6 Å². The van der Waals surface area contributed by atoms with Crippen LogP contribution in [0.15, 0.2) is 83.3 Å². The molecule has 1 heterocycles. The molecule has 1 aromatic heterocycles. The Morgan fingerprint density at radius 2 is 1.35 bits per heavy atom. The van der Waals surface area contributed by atoms with Gasteiger partial charge in [-0.05, 0) is 39.7 Å². The van der Waals surface area contributed by atoms with E-state index in [0.717, 1.165) is 22.0 Å². The number of aromatic nitrogens is 1. The van der Waals surface area contributed by atoms with Crippen molar-refractivity contribution in [2.24, 2.45) is 0 Å². The molecule has 2 nitrogen and oxygen atoms in total. The third kappa shape index (κ3) is 1.85. The first-order valence-corrected chi connectivity index (χ1v) is 7.66. The zero-order chi connectivity index (χ0) is 15.2. The predicted molar refractivity (Wildman–Crippen MR) is 94.5 cm³/mol. The first kappa shape index (κ1) is 12.4. The van der Waals surface area contributed by atoms with Crippen LogP contribution < -0.4 is 0 Å². The van der Waals surface area contributed by atoms with Gasteiger partial charge in [-0.3, -0.25) is 0 Å². The van der Waals surface area contributed by atoms with E-state index in [0.29, 0.717) is 5.89 Å². The molecule has 0 atom stereocenters. The van der Waals surface area contributed by atoms with E-state index in [1.165, 1.54) is 16.2 Å². The fraction of sp³-hybridized carbons (Fsp3) is 0. The molecule has 0 amide bonds. The molecule has 0 aliphatic rings. The van der Waals surface area contributed by atoms with Crippen molar-refractivity contribution in [1.82, 2.24) is 4.98 Å². The van der Waals surface area contributed by atoms with Gasteiger partial charge in [-0.1, -0.05) is 60.7 Å². The number of hydrogen-bond donors (Lipinski definition) is 0. The van der Waals surface area contributed by atoms with Crippen LogP contribution >= 0.6 is 0 Å². The normalized spacial score (nSPS) is 11.5. The molecular formula is C21H13NO. The number of rotatable bonds is 1. The molecule has 5 aromatic rings. The Bertz CT molecular complexity index is 1140. The monoisotopic (exact) mass is 295 g/mol. The topological polar surface area (TPSA) is 26.0 Å². The molecule has 4 aromatic carbocycles. The maximum absolute atomic E-state index is 6.00. The first-order chi connectivity index (χ1) is 11.4. The summed E-state index contributed by atoms with van der Waals surface area (Å²) in [6, 6.07) is 26.9. The molecule has 0 spiro atoms. The van der Waals surface area contributed by atoms with Gasteiger partial charge in [0, 0.05) is 5.56 Å². The number of benzene rings is 4. The molecule has 0 unspecified atom stereocenters. The molecule has 0 bridgehead atoms. The van der Waals surface area contributed by atoms with Crippen LogP contribution in [0.3, 0.4) is 0 Å². The van der Waals surface area contributed by atoms with Crippen molar-refractivity contribution in [3.63, 3.8) is 0 Å². The molecule has 5 rings (SSSR count). The largest absolute Gasteiger partial charge is 0.436 e. The average molecular weight is 295 g/mol. The molecule has 0 radical (unpaired) electrons. The Hall–Kier alpha value is -3.13. The Labute approximate surface area is 133 Å². The van der Waals surface area contributed by atoms with Crippen molar-refractivity contribution in [3.05, 3.63) is 78.9 Å². The molecule has 0 aliphatic heterocycles. The van der Waals surface area contributed by atoms with Gasteiger partial charge in [-0.25, -0.2) is 4.98 Å².